The predicted molar refractivity (Wildman–Crippen MR) is 97.3 cm³/mol. The summed E-state index contributed by atoms with van der Waals surface area (Å²) in [5.74, 6) is 1.78. The summed E-state index contributed by atoms with van der Waals surface area (Å²) < 4.78 is 16.5. The molecule has 1 aliphatic heterocycles. The minimum absolute atomic E-state index is 0.0165. The Morgan fingerprint density at radius 2 is 1.96 bits per heavy atom. The van der Waals surface area contributed by atoms with E-state index in [4.69, 9.17) is 14.2 Å². The molecule has 1 heterocycles. The average molecular weight is 350 g/mol. The van der Waals surface area contributed by atoms with Crippen LogP contribution in [0.1, 0.15) is 39.5 Å². The third kappa shape index (κ3) is 6.94. The minimum Gasteiger partial charge on any atom is -0.494 e. The Kier molecular flexibility index (Phi) is 8.60. The number of carbonyl (C=O) groups is 1. The SMILES string of the molecule is CCOC(=O)[C@H]1CCC[NH+](CCCCOc2cccc(OCC)c2)C1. The second-order valence-corrected chi connectivity index (χ2v) is 6.51. The van der Waals surface area contributed by atoms with Gasteiger partial charge in [-0.05, 0) is 51.7 Å². The molecule has 0 radical (unpaired) electrons. The van der Waals surface area contributed by atoms with Crippen molar-refractivity contribution in [2.75, 3.05) is 39.5 Å². The fourth-order valence-electron chi connectivity index (χ4n) is 3.33. The molecule has 2 rings (SSSR count). The molecule has 1 aromatic carbocycles. The second-order valence-electron chi connectivity index (χ2n) is 6.51. The standard InChI is InChI=1S/C20H31NO4/c1-3-23-18-10-7-11-19(15-18)25-14-6-5-12-21-13-8-9-17(16-21)20(22)24-4-2/h7,10-11,15,17H,3-6,8-9,12-14,16H2,1-2H3/p+1/t17-/m0/s1. The van der Waals surface area contributed by atoms with Crippen molar-refractivity contribution >= 4 is 5.97 Å². The lowest BCUT2D eigenvalue weighted by Gasteiger charge is -2.28. The van der Waals surface area contributed by atoms with Crippen LogP contribution in [-0.2, 0) is 9.53 Å². The molecule has 0 bridgehead atoms. The molecule has 0 amide bonds. The molecule has 25 heavy (non-hydrogen) atoms. The molecule has 5 nitrogen and oxygen atoms in total. The van der Waals surface area contributed by atoms with Crippen LogP contribution in [0, 0.1) is 5.92 Å². The van der Waals surface area contributed by atoms with E-state index in [9.17, 15) is 4.79 Å². The number of hydrogen-bond donors (Lipinski definition) is 1. The molecule has 1 saturated heterocycles. The molecule has 140 valence electrons. The molecule has 2 atom stereocenters. The third-order valence-corrected chi connectivity index (χ3v) is 4.55. The summed E-state index contributed by atoms with van der Waals surface area (Å²) in [6, 6.07) is 7.79. The van der Waals surface area contributed by atoms with Crippen LogP contribution in [-0.4, -0.2) is 45.4 Å². The summed E-state index contributed by atoms with van der Waals surface area (Å²) in [7, 11) is 0. The molecule has 5 heteroatoms. The molecule has 1 fully saturated rings. The number of carbonyl (C=O) groups excluding carboxylic acids is 1. The van der Waals surface area contributed by atoms with Crippen molar-refractivity contribution in [3.05, 3.63) is 24.3 Å². The smallest absolute Gasteiger partial charge is 0.314 e. The molecule has 1 N–H and O–H groups in total. The van der Waals surface area contributed by atoms with Gasteiger partial charge < -0.3 is 19.1 Å². The number of piperidine rings is 1. The Morgan fingerprint density at radius 3 is 2.72 bits per heavy atom. The van der Waals surface area contributed by atoms with Crippen molar-refractivity contribution in [1.29, 1.82) is 0 Å². The van der Waals surface area contributed by atoms with Gasteiger partial charge in [-0.1, -0.05) is 6.07 Å². The van der Waals surface area contributed by atoms with Crippen molar-refractivity contribution in [1.82, 2.24) is 0 Å². The number of nitrogens with one attached hydrogen (secondary N) is 1. The number of esters is 1. The van der Waals surface area contributed by atoms with Gasteiger partial charge in [0.25, 0.3) is 0 Å². The number of ether oxygens (including phenoxy) is 3. The van der Waals surface area contributed by atoms with Crippen LogP contribution < -0.4 is 14.4 Å². The largest absolute Gasteiger partial charge is 0.494 e. The number of hydrogen-bond acceptors (Lipinski definition) is 4. The molecular weight excluding hydrogens is 318 g/mol. The number of benzene rings is 1. The summed E-state index contributed by atoms with van der Waals surface area (Å²) in [4.78, 5) is 13.4. The van der Waals surface area contributed by atoms with Crippen molar-refractivity contribution in [3.8, 4) is 11.5 Å². The fourth-order valence-corrected chi connectivity index (χ4v) is 3.33. The summed E-state index contributed by atoms with van der Waals surface area (Å²) >= 11 is 0. The first-order valence-electron chi connectivity index (χ1n) is 9.58. The highest BCUT2D eigenvalue weighted by atomic mass is 16.5. The van der Waals surface area contributed by atoms with Crippen LogP contribution in [0.5, 0.6) is 11.5 Å². The van der Waals surface area contributed by atoms with Gasteiger partial charge in [0.2, 0.25) is 0 Å². The van der Waals surface area contributed by atoms with Crippen LogP contribution in [0.25, 0.3) is 0 Å². The molecule has 0 saturated carbocycles. The van der Waals surface area contributed by atoms with Gasteiger partial charge in [-0.3, -0.25) is 4.79 Å². The maximum atomic E-state index is 11.9. The normalized spacial score (nSPS) is 20.1. The average Bonchev–Trinajstić information content (AvgIpc) is 2.62. The third-order valence-electron chi connectivity index (χ3n) is 4.55. The summed E-state index contributed by atoms with van der Waals surface area (Å²) in [6.45, 7) is 8.87. The molecule has 1 aromatic rings. The van der Waals surface area contributed by atoms with Crippen LogP contribution >= 0.6 is 0 Å². The Labute approximate surface area is 151 Å². The van der Waals surface area contributed by atoms with E-state index in [-0.39, 0.29) is 11.9 Å². The van der Waals surface area contributed by atoms with E-state index in [1.54, 1.807) is 0 Å². The number of unbranched alkanes of at least 4 members (excludes halogenated alkanes) is 1. The van der Waals surface area contributed by atoms with Crippen LogP contribution in [0.4, 0.5) is 0 Å². The highest BCUT2D eigenvalue weighted by Gasteiger charge is 2.29. The van der Waals surface area contributed by atoms with Crippen LogP contribution in [0.15, 0.2) is 24.3 Å². The summed E-state index contributed by atoms with van der Waals surface area (Å²) in [5, 5.41) is 0. The number of quaternary nitrogens is 1. The minimum atomic E-state index is -0.0165. The molecule has 0 aromatic heterocycles. The van der Waals surface area contributed by atoms with E-state index >= 15 is 0 Å². The van der Waals surface area contributed by atoms with E-state index in [0.29, 0.717) is 19.8 Å². The fraction of sp³-hybridized carbons (Fsp3) is 0.650. The molecule has 0 spiro atoms. The Bertz CT molecular complexity index is 520. The summed E-state index contributed by atoms with van der Waals surface area (Å²) in [5.41, 5.74) is 0. The first-order chi connectivity index (χ1) is 12.2. The molecular formula is C20H32NO4+. The number of rotatable bonds is 10. The lowest BCUT2D eigenvalue weighted by molar-refractivity contribution is -0.907. The topological polar surface area (TPSA) is 49.2 Å². The Morgan fingerprint density at radius 1 is 1.16 bits per heavy atom. The highest BCUT2D eigenvalue weighted by molar-refractivity contribution is 5.72. The first-order valence-corrected chi connectivity index (χ1v) is 9.58. The quantitative estimate of drug-likeness (QED) is 0.519. The van der Waals surface area contributed by atoms with E-state index < -0.39 is 0 Å². The Balaban J connectivity index is 1.62. The monoisotopic (exact) mass is 350 g/mol. The van der Waals surface area contributed by atoms with Gasteiger partial charge in [0, 0.05) is 6.07 Å². The van der Waals surface area contributed by atoms with Crippen molar-refractivity contribution < 1.29 is 23.9 Å². The summed E-state index contributed by atoms with van der Waals surface area (Å²) in [6.07, 6.45) is 4.21. The lowest BCUT2D eigenvalue weighted by Crippen LogP contribution is -3.13. The first kappa shape index (κ1) is 19.6. The van der Waals surface area contributed by atoms with Gasteiger partial charge in [-0.25, -0.2) is 0 Å². The molecule has 1 aliphatic rings. The maximum Gasteiger partial charge on any atom is 0.314 e. The van der Waals surface area contributed by atoms with Crippen molar-refractivity contribution in [3.63, 3.8) is 0 Å². The van der Waals surface area contributed by atoms with Gasteiger partial charge in [0.15, 0.2) is 0 Å². The predicted octanol–water partition coefficient (Wildman–Crippen LogP) is 2.10. The second kappa shape index (κ2) is 11.0. The zero-order valence-electron chi connectivity index (χ0n) is 15.6. The zero-order valence-corrected chi connectivity index (χ0v) is 15.6. The Hall–Kier alpha value is -1.75. The zero-order chi connectivity index (χ0) is 17.9. The van der Waals surface area contributed by atoms with Gasteiger partial charge >= 0.3 is 5.97 Å². The van der Waals surface area contributed by atoms with Crippen LogP contribution in [0.3, 0.4) is 0 Å². The van der Waals surface area contributed by atoms with E-state index in [1.807, 2.05) is 38.1 Å². The van der Waals surface area contributed by atoms with E-state index in [1.165, 1.54) is 4.90 Å². The number of likely N-dealkylation sites (tertiary alicyclic amines) is 1. The van der Waals surface area contributed by atoms with Gasteiger partial charge in [0.05, 0.1) is 39.5 Å². The van der Waals surface area contributed by atoms with E-state index in [0.717, 1.165) is 56.8 Å². The molecule has 1 unspecified atom stereocenters. The van der Waals surface area contributed by atoms with Crippen molar-refractivity contribution in [2.45, 2.75) is 39.5 Å². The van der Waals surface area contributed by atoms with Gasteiger partial charge in [0.1, 0.15) is 17.4 Å². The van der Waals surface area contributed by atoms with Gasteiger partial charge in [-0.2, -0.15) is 0 Å². The molecule has 0 aliphatic carbocycles. The lowest BCUT2D eigenvalue weighted by atomic mass is 9.98. The van der Waals surface area contributed by atoms with Crippen LogP contribution in [0.2, 0.25) is 0 Å². The van der Waals surface area contributed by atoms with Gasteiger partial charge in [-0.15, -0.1) is 0 Å². The highest BCUT2D eigenvalue weighted by Crippen LogP contribution is 2.19. The van der Waals surface area contributed by atoms with E-state index in [2.05, 4.69) is 0 Å². The maximum absolute atomic E-state index is 11.9. The van der Waals surface area contributed by atoms with Crippen molar-refractivity contribution in [2.24, 2.45) is 5.92 Å².